The van der Waals surface area contributed by atoms with Gasteiger partial charge in [0.2, 0.25) is 0 Å². The highest BCUT2D eigenvalue weighted by Crippen LogP contribution is 2.25. The number of benzene rings is 2. The van der Waals surface area contributed by atoms with E-state index in [0.29, 0.717) is 11.1 Å². The third kappa shape index (κ3) is 5.11. The maximum atomic E-state index is 12.3. The van der Waals surface area contributed by atoms with Crippen LogP contribution in [0.5, 0.6) is 0 Å². The molecule has 0 bridgehead atoms. The molecule has 1 heterocycles. The summed E-state index contributed by atoms with van der Waals surface area (Å²) in [6, 6.07) is 20.0. The molecule has 0 fully saturated rings. The lowest BCUT2D eigenvalue weighted by Crippen LogP contribution is -2.41. The standard InChI is InChI=1S/C21H20N4O2S/c1-25(2)17-7-5-6-16(14-17)21(27)24-23-20(26)15-9-11-18(12-10-15)28-19-8-3-4-13-22-19/h3-14H,1-2H3,(H,23,26)(H,24,27). The molecule has 0 saturated carbocycles. The van der Waals surface area contributed by atoms with Crippen LogP contribution in [0.1, 0.15) is 20.7 Å². The Balaban J connectivity index is 1.57. The zero-order valence-corrected chi connectivity index (χ0v) is 16.4. The number of carbonyl (C=O) groups is 2. The van der Waals surface area contributed by atoms with E-state index >= 15 is 0 Å². The first-order chi connectivity index (χ1) is 13.5. The molecule has 142 valence electrons. The van der Waals surface area contributed by atoms with Crippen molar-refractivity contribution in [2.45, 2.75) is 9.92 Å². The predicted molar refractivity (Wildman–Crippen MR) is 111 cm³/mol. The Hall–Kier alpha value is -3.32. The number of hydrazine groups is 1. The van der Waals surface area contributed by atoms with Crippen molar-refractivity contribution in [2.75, 3.05) is 19.0 Å². The summed E-state index contributed by atoms with van der Waals surface area (Å²) in [6.07, 6.45) is 1.74. The summed E-state index contributed by atoms with van der Waals surface area (Å²) in [5, 5.41) is 0.881. The summed E-state index contributed by atoms with van der Waals surface area (Å²) in [6.45, 7) is 0. The minimum atomic E-state index is -0.383. The molecule has 0 saturated heterocycles. The molecule has 0 aliphatic carbocycles. The van der Waals surface area contributed by atoms with Crippen LogP contribution in [-0.2, 0) is 0 Å². The fourth-order valence-corrected chi connectivity index (χ4v) is 3.16. The van der Waals surface area contributed by atoms with Gasteiger partial charge < -0.3 is 4.90 Å². The van der Waals surface area contributed by atoms with Crippen molar-refractivity contribution in [1.29, 1.82) is 0 Å². The van der Waals surface area contributed by atoms with Gasteiger partial charge in [0.1, 0.15) is 5.03 Å². The van der Waals surface area contributed by atoms with Crippen LogP contribution in [0.3, 0.4) is 0 Å². The van der Waals surface area contributed by atoms with Gasteiger partial charge in [-0.2, -0.15) is 0 Å². The van der Waals surface area contributed by atoms with Crippen molar-refractivity contribution < 1.29 is 9.59 Å². The van der Waals surface area contributed by atoms with Gasteiger partial charge in [0.05, 0.1) is 0 Å². The van der Waals surface area contributed by atoms with Crippen molar-refractivity contribution in [3.05, 3.63) is 84.1 Å². The zero-order chi connectivity index (χ0) is 19.9. The molecule has 0 unspecified atom stereocenters. The third-order valence-electron chi connectivity index (χ3n) is 3.89. The molecule has 7 heteroatoms. The van der Waals surface area contributed by atoms with E-state index in [0.717, 1.165) is 15.6 Å². The Morgan fingerprint density at radius 3 is 2.21 bits per heavy atom. The monoisotopic (exact) mass is 392 g/mol. The average molecular weight is 392 g/mol. The largest absolute Gasteiger partial charge is 0.378 e. The van der Waals surface area contributed by atoms with Crippen molar-refractivity contribution in [3.8, 4) is 0 Å². The minimum Gasteiger partial charge on any atom is -0.378 e. The molecule has 6 nitrogen and oxygen atoms in total. The van der Waals surface area contributed by atoms with E-state index in [1.54, 1.807) is 36.5 Å². The van der Waals surface area contributed by atoms with Gasteiger partial charge in [-0.05, 0) is 54.6 Å². The minimum absolute atomic E-state index is 0.376. The molecule has 2 aromatic carbocycles. The number of aromatic nitrogens is 1. The highest BCUT2D eigenvalue weighted by Gasteiger charge is 2.10. The molecule has 1 aromatic heterocycles. The maximum absolute atomic E-state index is 12.3. The summed E-state index contributed by atoms with van der Waals surface area (Å²) in [5.74, 6) is -0.758. The Kier molecular flexibility index (Phi) is 6.29. The smallest absolute Gasteiger partial charge is 0.269 e. The normalized spacial score (nSPS) is 10.2. The number of amides is 2. The SMILES string of the molecule is CN(C)c1cccc(C(=O)NNC(=O)c2ccc(Sc3ccccn3)cc2)c1. The average Bonchev–Trinajstić information content (AvgIpc) is 2.73. The summed E-state index contributed by atoms with van der Waals surface area (Å²) in [5.41, 5.74) is 6.71. The number of anilines is 1. The third-order valence-corrected chi connectivity index (χ3v) is 4.85. The van der Waals surface area contributed by atoms with E-state index in [1.165, 1.54) is 11.8 Å². The molecule has 28 heavy (non-hydrogen) atoms. The molecule has 0 atom stereocenters. The van der Waals surface area contributed by atoms with Crippen LogP contribution in [0.15, 0.2) is 82.8 Å². The molecular formula is C21H20N4O2S. The number of nitrogens with zero attached hydrogens (tertiary/aromatic N) is 2. The van der Waals surface area contributed by atoms with Crippen molar-refractivity contribution in [1.82, 2.24) is 15.8 Å². The van der Waals surface area contributed by atoms with Gasteiger partial charge in [0.25, 0.3) is 11.8 Å². The van der Waals surface area contributed by atoms with Crippen LogP contribution in [0.25, 0.3) is 0 Å². The summed E-state index contributed by atoms with van der Waals surface area (Å²) in [4.78, 5) is 31.7. The molecule has 0 aliphatic heterocycles. The van der Waals surface area contributed by atoms with E-state index in [4.69, 9.17) is 0 Å². The number of rotatable bonds is 5. The fraction of sp³-hybridized carbons (Fsp3) is 0.0952. The van der Waals surface area contributed by atoms with E-state index in [1.807, 2.05) is 55.4 Å². The lowest BCUT2D eigenvalue weighted by atomic mass is 10.2. The predicted octanol–water partition coefficient (Wildman–Crippen LogP) is 3.37. The van der Waals surface area contributed by atoms with Gasteiger partial charge >= 0.3 is 0 Å². The zero-order valence-electron chi connectivity index (χ0n) is 15.5. The molecular weight excluding hydrogens is 372 g/mol. The highest BCUT2D eigenvalue weighted by molar-refractivity contribution is 7.99. The first-order valence-electron chi connectivity index (χ1n) is 8.60. The quantitative estimate of drug-likeness (QED) is 0.651. The van der Waals surface area contributed by atoms with Crippen LogP contribution in [0, 0.1) is 0 Å². The maximum Gasteiger partial charge on any atom is 0.269 e. The van der Waals surface area contributed by atoms with Crippen LogP contribution < -0.4 is 15.8 Å². The van der Waals surface area contributed by atoms with Crippen LogP contribution >= 0.6 is 11.8 Å². The number of carbonyl (C=O) groups excluding carboxylic acids is 2. The summed E-state index contributed by atoms with van der Waals surface area (Å²) >= 11 is 1.51. The van der Waals surface area contributed by atoms with Gasteiger partial charge in [0, 0.05) is 42.0 Å². The van der Waals surface area contributed by atoms with Gasteiger partial charge in [0.15, 0.2) is 0 Å². The van der Waals surface area contributed by atoms with Crippen molar-refractivity contribution in [3.63, 3.8) is 0 Å². The summed E-state index contributed by atoms with van der Waals surface area (Å²) in [7, 11) is 3.79. The molecule has 3 rings (SSSR count). The molecule has 0 radical (unpaired) electrons. The van der Waals surface area contributed by atoms with Gasteiger partial charge in [-0.3, -0.25) is 20.4 Å². The first-order valence-corrected chi connectivity index (χ1v) is 9.41. The fourth-order valence-electron chi connectivity index (χ4n) is 2.39. The van der Waals surface area contributed by atoms with Gasteiger partial charge in [-0.15, -0.1) is 0 Å². The van der Waals surface area contributed by atoms with Crippen molar-refractivity contribution in [2.24, 2.45) is 0 Å². The van der Waals surface area contributed by atoms with Gasteiger partial charge in [-0.1, -0.05) is 23.9 Å². The number of hydrogen-bond donors (Lipinski definition) is 2. The number of nitrogens with one attached hydrogen (secondary N) is 2. The molecule has 3 aromatic rings. The highest BCUT2D eigenvalue weighted by atomic mass is 32.2. The van der Waals surface area contributed by atoms with Crippen LogP contribution in [0.2, 0.25) is 0 Å². The molecule has 2 N–H and O–H groups in total. The van der Waals surface area contributed by atoms with E-state index < -0.39 is 0 Å². The Morgan fingerprint density at radius 1 is 0.857 bits per heavy atom. The van der Waals surface area contributed by atoms with E-state index in [-0.39, 0.29) is 11.8 Å². The Bertz CT molecular complexity index is 960. The molecule has 2 amide bonds. The molecule has 0 spiro atoms. The topological polar surface area (TPSA) is 74.3 Å². The van der Waals surface area contributed by atoms with Crippen LogP contribution in [0.4, 0.5) is 5.69 Å². The second-order valence-electron chi connectivity index (χ2n) is 6.15. The number of hydrogen-bond acceptors (Lipinski definition) is 5. The van der Waals surface area contributed by atoms with Crippen molar-refractivity contribution >= 4 is 29.3 Å². The lowest BCUT2D eigenvalue weighted by Gasteiger charge is -2.13. The Morgan fingerprint density at radius 2 is 1.57 bits per heavy atom. The van der Waals surface area contributed by atoms with E-state index in [9.17, 15) is 9.59 Å². The Labute approximate surface area is 168 Å². The van der Waals surface area contributed by atoms with Crippen LogP contribution in [-0.4, -0.2) is 30.9 Å². The summed E-state index contributed by atoms with van der Waals surface area (Å²) < 4.78 is 0. The lowest BCUT2D eigenvalue weighted by molar-refractivity contribution is 0.0846. The van der Waals surface area contributed by atoms with Gasteiger partial charge in [-0.25, -0.2) is 4.98 Å². The second kappa shape index (κ2) is 9.05. The second-order valence-corrected chi connectivity index (χ2v) is 7.24. The van der Waals surface area contributed by atoms with E-state index in [2.05, 4.69) is 15.8 Å². The first kappa shape index (κ1) is 19.4. The number of pyridine rings is 1. The molecule has 0 aliphatic rings.